The van der Waals surface area contributed by atoms with Crippen molar-refractivity contribution in [3.8, 4) is 11.3 Å². The highest BCUT2D eigenvalue weighted by molar-refractivity contribution is 5.87. The number of aliphatic hydroxyl groups excluding tert-OH is 2. The number of alkyl carbamates (subject to hydrolysis) is 1. The lowest BCUT2D eigenvalue weighted by Crippen LogP contribution is -2.59. The van der Waals surface area contributed by atoms with Crippen LogP contribution in [0.25, 0.3) is 11.3 Å². The van der Waals surface area contributed by atoms with E-state index in [9.17, 15) is 34.5 Å². The summed E-state index contributed by atoms with van der Waals surface area (Å²) in [6, 6.07) is 18.5. The van der Waals surface area contributed by atoms with Gasteiger partial charge in [0, 0.05) is 23.2 Å². The first-order valence-electron chi connectivity index (χ1n) is 16.8. The van der Waals surface area contributed by atoms with Gasteiger partial charge in [0.2, 0.25) is 11.8 Å². The van der Waals surface area contributed by atoms with Crippen molar-refractivity contribution in [1.29, 1.82) is 0 Å². The summed E-state index contributed by atoms with van der Waals surface area (Å²) < 4.78 is 4.77. The Morgan fingerprint density at radius 1 is 0.765 bits per heavy atom. The molecule has 0 saturated carbocycles. The average molecular weight is 706 g/mol. The Balaban J connectivity index is 1.96. The predicted molar refractivity (Wildman–Crippen MR) is 193 cm³/mol. The number of nitrogens with one attached hydrogen (secondary N) is 4. The molecule has 0 spiro atoms. The standard InChI is InChI=1S/C38H51N5O8/c1-37(2,3)31(43-36(50)51-6)33(46)40-27(20-25-15-17-26(18-16-25)28-14-10-11-19-39-28)22-30(45)29(21-24-12-8-7-9-13-24)41-34(47)32(42-35(48)49)38(4,5)23-44/h7-19,27,29-32,42,44-45H,20-23H2,1-6H3,(H,40,46)(H,41,47)(H,43,50)(H,48,49)/t27-,29-,30?,31+,32+/m0/s1. The maximum atomic E-state index is 13.8. The van der Waals surface area contributed by atoms with Crippen LogP contribution in [-0.2, 0) is 27.2 Å². The van der Waals surface area contributed by atoms with Crippen LogP contribution in [0.3, 0.4) is 0 Å². The summed E-state index contributed by atoms with van der Waals surface area (Å²) >= 11 is 0. The molecule has 3 aromatic rings. The van der Waals surface area contributed by atoms with Crippen LogP contribution >= 0.6 is 0 Å². The molecule has 1 aromatic heterocycles. The molecular formula is C38H51N5O8. The van der Waals surface area contributed by atoms with E-state index in [2.05, 4.69) is 26.3 Å². The molecule has 1 unspecified atom stereocenters. The second-order valence-corrected chi connectivity index (χ2v) is 14.4. The summed E-state index contributed by atoms with van der Waals surface area (Å²) in [4.78, 5) is 55.7. The van der Waals surface area contributed by atoms with E-state index in [1.165, 1.54) is 7.11 Å². The van der Waals surface area contributed by atoms with Crippen LogP contribution in [-0.4, -0.2) is 88.3 Å². The van der Waals surface area contributed by atoms with E-state index in [-0.39, 0.29) is 19.3 Å². The second kappa shape index (κ2) is 18.3. The van der Waals surface area contributed by atoms with Crippen LogP contribution < -0.4 is 21.3 Å². The third kappa shape index (κ3) is 12.4. The van der Waals surface area contributed by atoms with Crippen molar-refractivity contribution in [2.24, 2.45) is 10.8 Å². The fourth-order valence-electron chi connectivity index (χ4n) is 5.66. The second-order valence-electron chi connectivity index (χ2n) is 14.4. The molecule has 0 aliphatic rings. The highest BCUT2D eigenvalue weighted by Gasteiger charge is 2.39. The number of carbonyl (C=O) groups excluding carboxylic acids is 3. The normalized spacial score (nSPS) is 14.6. The largest absolute Gasteiger partial charge is 0.465 e. The minimum Gasteiger partial charge on any atom is -0.465 e. The number of benzene rings is 2. The van der Waals surface area contributed by atoms with Crippen molar-refractivity contribution < 1.29 is 39.2 Å². The third-order valence-corrected chi connectivity index (χ3v) is 8.65. The van der Waals surface area contributed by atoms with Crippen molar-refractivity contribution in [2.45, 2.75) is 84.2 Å². The van der Waals surface area contributed by atoms with E-state index < -0.39 is 71.7 Å². The Bertz CT molecular complexity index is 1580. The summed E-state index contributed by atoms with van der Waals surface area (Å²) in [7, 11) is 1.21. The third-order valence-electron chi connectivity index (χ3n) is 8.65. The molecule has 5 atom stereocenters. The predicted octanol–water partition coefficient (Wildman–Crippen LogP) is 3.68. The van der Waals surface area contributed by atoms with Crippen molar-refractivity contribution >= 4 is 24.0 Å². The van der Waals surface area contributed by atoms with Gasteiger partial charge in [0.1, 0.15) is 12.1 Å². The monoisotopic (exact) mass is 705 g/mol. The van der Waals surface area contributed by atoms with E-state index in [1.54, 1.807) is 40.8 Å². The first kappa shape index (κ1) is 40.4. The molecule has 13 heteroatoms. The van der Waals surface area contributed by atoms with Gasteiger partial charge in [0.15, 0.2) is 0 Å². The summed E-state index contributed by atoms with van der Waals surface area (Å²) in [5.74, 6) is -1.22. The SMILES string of the molecule is COC(=O)N[C@H](C(=O)N[C@@H](Cc1ccc(-c2ccccn2)cc1)CC(O)[C@H](Cc1ccccc1)NC(=O)[C@@H](NC(=O)O)C(C)(C)CO)C(C)(C)C. The average Bonchev–Trinajstić information content (AvgIpc) is 3.09. The van der Waals surface area contributed by atoms with Gasteiger partial charge in [-0.2, -0.15) is 0 Å². The minimum absolute atomic E-state index is 0.0268. The fourth-order valence-corrected chi connectivity index (χ4v) is 5.66. The molecule has 0 aliphatic heterocycles. The van der Waals surface area contributed by atoms with Gasteiger partial charge < -0.3 is 41.3 Å². The molecular weight excluding hydrogens is 654 g/mol. The number of hydrogen-bond donors (Lipinski definition) is 7. The maximum Gasteiger partial charge on any atom is 0.407 e. The first-order chi connectivity index (χ1) is 24.0. The molecule has 0 radical (unpaired) electrons. The Morgan fingerprint density at radius 2 is 1.37 bits per heavy atom. The fraction of sp³-hybridized carbons (Fsp3) is 0.447. The number of carbonyl (C=O) groups is 4. The van der Waals surface area contributed by atoms with Gasteiger partial charge in [-0.05, 0) is 47.9 Å². The number of hydrogen-bond acceptors (Lipinski definition) is 8. The number of methoxy groups -OCH3 is 1. The molecule has 276 valence electrons. The molecule has 13 nitrogen and oxygen atoms in total. The van der Waals surface area contributed by atoms with Gasteiger partial charge in [0.05, 0.1) is 31.6 Å². The quantitative estimate of drug-likeness (QED) is 0.116. The molecule has 0 fully saturated rings. The zero-order chi connectivity index (χ0) is 37.8. The van der Waals surface area contributed by atoms with Crippen LogP contribution in [0.1, 0.15) is 52.2 Å². The van der Waals surface area contributed by atoms with Crippen LogP contribution in [0.5, 0.6) is 0 Å². The molecule has 0 saturated heterocycles. The van der Waals surface area contributed by atoms with Crippen LogP contribution in [0.2, 0.25) is 0 Å². The van der Waals surface area contributed by atoms with Gasteiger partial charge in [-0.3, -0.25) is 14.6 Å². The molecule has 4 amide bonds. The van der Waals surface area contributed by atoms with Crippen LogP contribution in [0.4, 0.5) is 9.59 Å². The van der Waals surface area contributed by atoms with Crippen molar-refractivity contribution in [1.82, 2.24) is 26.3 Å². The molecule has 1 heterocycles. The molecule has 2 aromatic carbocycles. The van der Waals surface area contributed by atoms with E-state index in [0.29, 0.717) is 0 Å². The molecule has 51 heavy (non-hydrogen) atoms. The van der Waals surface area contributed by atoms with Crippen LogP contribution in [0.15, 0.2) is 79.0 Å². The van der Waals surface area contributed by atoms with Crippen molar-refractivity contribution in [3.63, 3.8) is 0 Å². The number of amides is 4. The lowest BCUT2D eigenvalue weighted by Gasteiger charge is -2.35. The van der Waals surface area contributed by atoms with E-state index >= 15 is 0 Å². The Kier molecular flexibility index (Phi) is 14.5. The Labute approximate surface area is 299 Å². The van der Waals surface area contributed by atoms with Gasteiger partial charge in [-0.25, -0.2) is 9.59 Å². The van der Waals surface area contributed by atoms with Crippen molar-refractivity contribution in [3.05, 3.63) is 90.1 Å². The van der Waals surface area contributed by atoms with Gasteiger partial charge in [-0.1, -0.05) is 95.3 Å². The Morgan fingerprint density at radius 3 is 1.92 bits per heavy atom. The zero-order valence-corrected chi connectivity index (χ0v) is 30.1. The minimum atomic E-state index is -1.44. The van der Waals surface area contributed by atoms with Crippen molar-refractivity contribution in [2.75, 3.05) is 13.7 Å². The van der Waals surface area contributed by atoms with Gasteiger partial charge in [-0.15, -0.1) is 0 Å². The zero-order valence-electron chi connectivity index (χ0n) is 30.1. The summed E-state index contributed by atoms with van der Waals surface area (Å²) in [6.07, 6.45) is -1.30. The number of rotatable bonds is 16. The number of nitrogens with zero attached hydrogens (tertiary/aromatic N) is 1. The lowest BCUT2D eigenvalue weighted by atomic mass is 9.84. The van der Waals surface area contributed by atoms with Gasteiger partial charge in [0.25, 0.3) is 0 Å². The van der Waals surface area contributed by atoms with Gasteiger partial charge >= 0.3 is 12.2 Å². The van der Waals surface area contributed by atoms with E-state index in [0.717, 1.165) is 22.4 Å². The molecule has 7 N–H and O–H groups in total. The van der Waals surface area contributed by atoms with E-state index in [1.807, 2.05) is 72.8 Å². The number of pyridine rings is 1. The number of aliphatic hydroxyl groups is 2. The van der Waals surface area contributed by atoms with Crippen LogP contribution in [0, 0.1) is 10.8 Å². The Hall–Kier alpha value is -5.01. The first-order valence-corrected chi connectivity index (χ1v) is 16.8. The lowest BCUT2D eigenvalue weighted by molar-refractivity contribution is -0.129. The summed E-state index contributed by atoms with van der Waals surface area (Å²) in [5, 5.41) is 41.9. The topological polar surface area (TPSA) is 199 Å². The smallest absolute Gasteiger partial charge is 0.407 e. The maximum absolute atomic E-state index is 13.8. The number of aromatic nitrogens is 1. The molecule has 0 aliphatic carbocycles. The number of ether oxygens (including phenoxy) is 1. The summed E-state index contributed by atoms with van der Waals surface area (Å²) in [5.41, 5.74) is 1.46. The summed E-state index contributed by atoms with van der Waals surface area (Å²) in [6.45, 7) is 8.01. The molecule has 3 rings (SSSR count). The molecule has 0 bridgehead atoms. The highest BCUT2D eigenvalue weighted by atomic mass is 16.5. The highest BCUT2D eigenvalue weighted by Crippen LogP contribution is 2.24. The number of carboxylic acid groups (broad SMARTS) is 1. The van der Waals surface area contributed by atoms with E-state index in [4.69, 9.17) is 4.74 Å².